The molecule has 2 heterocycles. The van der Waals surface area contributed by atoms with E-state index in [1.807, 2.05) is 6.07 Å². The van der Waals surface area contributed by atoms with Gasteiger partial charge in [-0.15, -0.1) is 11.8 Å². The minimum Gasteiger partial charge on any atom is -0.295 e. The molecule has 7 heteroatoms. The molecule has 0 aliphatic carbocycles. The van der Waals surface area contributed by atoms with Crippen LogP contribution in [0.4, 0.5) is 4.39 Å². The summed E-state index contributed by atoms with van der Waals surface area (Å²) in [7, 11) is 0. The molecular formula is C14H9FN4OS. The molecule has 0 atom stereocenters. The van der Waals surface area contributed by atoms with Gasteiger partial charge in [-0.2, -0.15) is 5.26 Å². The number of rotatable bonds is 3. The Morgan fingerprint density at radius 3 is 3.00 bits per heavy atom. The number of thioether (sulfide) groups is 1. The van der Waals surface area contributed by atoms with Gasteiger partial charge in [0, 0.05) is 22.9 Å². The van der Waals surface area contributed by atoms with Crippen LogP contribution in [0.3, 0.4) is 0 Å². The second-order valence-corrected chi connectivity index (χ2v) is 5.28. The molecule has 0 bridgehead atoms. The summed E-state index contributed by atoms with van der Waals surface area (Å²) in [6.45, 7) is 0. The van der Waals surface area contributed by atoms with E-state index in [2.05, 4.69) is 10.1 Å². The van der Waals surface area contributed by atoms with Crippen LogP contribution in [0.5, 0.6) is 0 Å². The molecule has 0 spiro atoms. The Bertz CT molecular complexity index is 909. The molecule has 0 saturated heterocycles. The van der Waals surface area contributed by atoms with Gasteiger partial charge in [0.05, 0.1) is 5.69 Å². The Morgan fingerprint density at radius 1 is 1.43 bits per heavy atom. The number of hydrogen-bond donors (Lipinski definition) is 1. The summed E-state index contributed by atoms with van der Waals surface area (Å²) in [5, 5.41) is 11.6. The number of nitrogens with zero attached hydrogens (tertiary/aromatic N) is 3. The minimum atomic E-state index is -0.306. The second-order valence-electron chi connectivity index (χ2n) is 4.26. The van der Waals surface area contributed by atoms with Crippen LogP contribution in [0.2, 0.25) is 0 Å². The molecule has 0 radical (unpaired) electrons. The second kappa shape index (κ2) is 5.42. The van der Waals surface area contributed by atoms with E-state index in [0.717, 1.165) is 0 Å². The number of halogens is 1. The minimum absolute atomic E-state index is 0.286. The van der Waals surface area contributed by atoms with Crippen molar-refractivity contribution in [1.82, 2.24) is 14.6 Å². The van der Waals surface area contributed by atoms with Crippen molar-refractivity contribution in [1.29, 1.82) is 5.26 Å². The lowest BCUT2D eigenvalue weighted by atomic mass is 10.3. The van der Waals surface area contributed by atoms with Crippen molar-refractivity contribution in [3.05, 3.63) is 64.0 Å². The summed E-state index contributed by atoms with van der Waals surface area (Å²) in [6, 6.07) is 9.76. The Kier molecular flexibility index (Phi) is 3.46. The number of H-pyrrole nitrogens is 1. The van der Waals surface area contributed by atoms with E-state index in [9.17, 15) is 9.18 Å². The van der Waals surface area contributed by atoms with Crippen molar-refractivity contribution in [2.45, 2.75) is 10.6 Å². The van der Waals surface area contributed by atoms with Crippen LogP contribution in [0, 0.1) is 17.1 Å². The van der Waals surface area contributed by atoms with E-state index in [1.165, 1.54) is 34.6 Å². The number of nitrogens with one attached hydrogen (secondary N) is 1. The fourth-order valence-corrected chi connectivity index (χ4v) is 2.73. The maximum atomic E-state index is 13.5. The summed E-state index contributed by atoms with van der Waals surface area (Å²) in [6.07, 6.45) is 1.43. The van der Waals surface area contributed by atoms with Crippen molar-refractivity contribution >= 4 is 17.4 Å². The first kappa shape index (κ1) is 13.4. The number of benzene rings is 1. The fourth-order valence-electron chi connectivity index (χ4n) is 1.90. The zero-order valence-electron chi connectivity index (χ0n) is 10.7. The quantitative estimate of drug-likeness (QED) is 0.753. The lowest BCUT2D eigenvalue weighted by Gasteiger charge is -2.03. The van der Waals surface area contributed by atoms with Crippen LogP contribution in [-0.4, -0.2) is 14.6 Å². The van der Waals surface area contributed by atoms with Gasteiger partial charge in [0.1, 0.15) is 17.4 Å². The molecule has 0 aliphatic heterocycles. The lowest BCUT2D eigenvalue weighted by Crippen LogP contribution is -2.15. The molecule has 3 rings (SSSR count). The Balaban J connectivity index is 1.93. The SMILES string of the molecule is N#Cc1c[nH]n2c(=O)cc(CSc3ccccc3F)nc12. The molecule has 1 aromatic carbocycles. The summed E-state index contributed by atoms with van der Waals surface area (Å²) in [4.78, 5) is 16.7. The molecule has 104 valence electrons. The molecule has 0 amide bonds. The van der Waals surface area contributed by atoms with Crippen LogP contribution >= 0.6 is 11.8 Å². The van der Waals surface area contributed by atoms with E-state index in [4.69, 9.17) is 5.26 Å². The molecule has 2 aromatic heterocycles. The van der Waals surface area contributed by atoms with E-state index < -0.39 is 0 Å². The lowest BCUT2D eigenvalue weighted by molar-refractivity contribution is 0.602. The van der Waals surface area contributed by atoms with Gasteiger partial charge in [0.25, 0.3) is 5.56 Å². The van der Waals surface area contributed by atoms with Crippen LogP contribution in [0.15, 0.2) is 46.2 Å². The Morgan fingerprint density at radius 2 is 2.24 bits per heavy atom. The zero-order chi connectivity index (χ0) is 14.8. The topological polar surface area (TPSA) is 73.9 Å². The largest absolute Gasteiger partial charge is 0.295 e. The van der Waals surface area contributed by atoms with Crippen molar-refractivity contribution in [3.8, 4) is 6.07 Å². The predicted molar refractivity (Wildman–Crippen MR) is 76.5 cm³/mol. The van der Waals surface area contributed by atoms with Crippen molar-refractivity contribution < 1.29 is 4.39 Å². The van der Waals surface area contributed by atoms with Crippen LogP contribution < -0.4 is 5.56 Å². The highest BCUT2D eigenvalue weighted by molar-refractivity contribution is 7.98. The highest BCUT2D eigenvalue weighted by Gasteiger charge is 2.09. The molecule has 0 unspecified atom stereocenters. The predicted octanol–water partition coefficient (Wildman–Crippen LogP) is 2.33. The van der Waals surface area contributed by atoms with Crippen LogP contribution in [0.1, 0.15) is 11.3 Å². The van der Waals surface area contributed by atoms with Crippen LogP contribution in [0.25, 0.3) is 5.65 Å². The average Bonchev–Trinajstić information content (AvgIpc) is 2.90. The van der Waals surface area contributed by atoms with Gasteiger partial charge in [0.15, 0.2) is 5.65 Å². The highest BCUT2D eigenvalue weighted by atomic mass is 32.2. The number of fused-ring (bicyclic) bond motifs is 1. The molecule has 5 nitrogen and oxygen atoms in total. The summed E-state index contributed by atoms with van der Waals surface area (Å²) in [5.41, 5.74) is 0.786. The Labute approximate surface area is 123 Å². The normalized spacial score (nSPS) is 10.7. The Hall–Kier alpha value is -2.59. The first-order valence-electron chi connectivity index (χ1n) is 6.06. The number of aromatic amines is 1. The highest BCUT2D eigenvalue weighted by Crippen LogP contribution is 2.24. The maximum absolute atomic E-state index is 13.5. The third-order valence-electron chi connectivity index (χ3n) is 2.88. The summed E-state index contributed by atoms with van der Waals surface area (Å²) in [5.74, 6) is 0.0441. The van der Waals surface area contributed by atoms with E-state index in [1.54, 1.807) is 18.2 Å². The van der Waals surface area contributed by atoms with Gasteiger partial charge < -0.3 is 0 Å². The molecule has 1 N–H and O–H groups in total. The van der Waals surface area contributed by atoms with E-state index >= 15 is 0 Å². The van der Waals surface area contributed by atoms with Crippen molar-refractivity contribution in [2.75, 3.05) is 0 Å². The number of nitriles is 1. The number of hydrogen-bond acceptors (Lipinski definition) is 4. The van der Waals surface area contributed by atoms with Gasteiger partial charge in [-0.1, -0.05) is 12.1 Å². The monoisotopic (exact) mass is 300 g/mol. The first-order chi connectivity index (χ1) is 10.2. The summed E-state index contributed by atoms with van der Waals surface area (Å²) < 4.78 is 14.7. The van der Waals surface area contributed by atoms with Gasteiger partial charge >= 0.3 is 0 Å². The molecule has 0 fully saturated rings. The molecular weight excluding hydrogens is 291 g/mol. The third-order valence-corrected chi connectivity index (χ3v) is 3.97. The van der Waals surface area contributed by atoms with Crippen LogP contribution in [-0.2, 0) is 5.75 Å². The van der Waals surface area contributed by atoms with E-state index in [-0.39, 0.29) is 17.0 Å². The third kappa shape index (κ3) is 2.53. The standard InChI is InChI=1S/C14H9FN4OS/c15-11-3-1-2-4-12(11)21-8-10-5-13(20)19-14(18-10)9(6-16)7-17-19/h1-5,7,17H,8H2. The van der Waals surface area contributed by atoms with Crippen molar-refractivity contribution in [3.63, 3.8) is 0 Å². The van der Waals surface area contributed by atoms with Gasteiger partial charge in [0.2, 0.25) is 0 Å². The molecule has 3 aromatic rings. The smallest absolute Gasteiger partial charge is 0.272 e. The fraction of sp³-hybridized carbons (Fsp3) is 0.0714. The van der Waals surface area contributed by atoms with Crippen molar-refractivity contribution in [2.24, 2.45) is 0 Å². The summed E-state index contributed by atoms with van der Waals surface area (Å²) >= 11 is 1.25. The average molecular weight is 300 g/mol. The number of aromatic nitrogens is 3. The maximum Gasteiger partial charge on any atom is 0.272 e. The molecule has 0 saturated carbocycles. The van der Waals surface area contributed by atoms with Gasteiger partial charge in [-0.05, 0) is 12.1 Å². The van der Waals surface area contributed by atoms with Gasteiger partial charge in [-0.3, -0.25) is 9.89 Å². The van der Waals surface area contributed by atoms with E-state index in [0.29, 0.717) is 21.9 Å². The zero-order valence-corrected chi connectivity index (χ0v) is 11.5. The molecule has 21 heavy (non-hydrogen) atoms. The first-order valence-corrected chi connectivity index (χ1v) is 7.05. The van der Waals surface area contributed by atoms with Gasteiger partial charge in [-0.25, -0.2) is 13.9 Å². The molecule has 0 aliphatic rings.